The molecule has 0 radical (unpaired) electrons. The zero-order valence-electron chi connectivity index (χ0n) is 22.1. The summed E-state index contributed by atoms with van der Waals surface area (Å²) in [7, 11) is 1.58. The van der Waals surface area contributed by atoms with Crippen LogP contribution in [0.4, 0.5) is 5.69 Å². The first-order valence-corrected chi connectivity index (χ1v) is 13.1. The molecule has 0 aliphatic carbocycles. The Kier molecular flexibility index (Phi) is 8.07. The van der Waals surface area contributed by atoms with Crippen molar-refractivity contribution >= 4 is 40.1 Å². The second-order valence-corrected chi connectivity index (χ2v) is 9.85. The van der Waals surface area contributed by atoms with Gasteiger partial charge in [0.05, 0.1) is 12.6 Å². The molecule has 5 aromatic rings. The topological polar surface area (TPSA) is 89.4 Å². The zero-order chi connectivity index (χ0) is 28.1. The van der Waals surface area contributed by atoms with E-state index in [9.17, 15) is 9.59 Å². The third-order valence-corrected chi connectivity index (χ3v) is 6.85. The molecule has 0 saturated carbocycles. The van der Waals surface area contributed by atoms with Gasteiger partial charge in [0.1, 0.15) is 23.9 Å². The Morgan fingerprint density at radius 2 is 1.65 bits per heavy atom. The number of ether oxygens (including phenoxy) is 1. The van der Waals surface area contributed by atoms with Gasteiger partial charge in [-0.3, -0.25) is 9.59 Å². The Morgan fingerprint density at radius 1 is 0.950 bits per heavy atom. The Hall–Kier alpha value is -4.69. The van der Waals surface area contributed by atoms with Crippen molar-refractivity contribution < 1.29 is 14.3 Å². The predicted octanol–water partition coefficient (Wildman–Crippen LogP) is 5.81. The number of halogens is 1. The Morgan fingerprint density at radius 3 is 2.35 bits per heavy atom. The molecule has 1 atom stereocenters. The van der Waals surface area contributed by atoms with E-state index in [1.807, 2.05) is 67.6 Å². The highest BCUT2D eigenvalue weighted by Gasteiger charge is 2.32. The number of fused-ring (bicyclic) bond motifs is 1. The van der Waals surface area contributed by atoms with Crippen LogP contribution >= 0.6 is 11.6 Å². The maximum Gasteiger partial charge on any atom is 0.251 e. The first kappa shape index (κ1) is 26.9. The number of nitrogens with one attached hydrogen (secondary N) is 1. The summed E-state index contributed by atoms with van der Waals surface area (Å²) in [5.74, 6) is 0.0357. The van der Waals surface area contributed by atoms with Crippen molar-refractivity contribution in [2.75, 3.05) is 12.4 Å². The fourth-order valence-electron chi connectivity index (χ4n) is 4.47. The standard InChI is InChI=1S/C31H28ClN5O3/c1-21-7-11-23(12-8-21)30(31(39)33-25-15-17-26(40-2)18-16-25)36(19-22-9-13-24(32)14-10-22)29(38)20-37-28-6-4-3-5-27(28)34-35-37/h3-18,30H,19-20H2,1-2H3,(H,33,39). The summed E-state index contributed by atoms with van der Waals surface area (Å²) in [4.78, 5) is 29.6. The molecule has 9 heteroatoms. The smallest absolute Gasteiger partial charge is 0.251 e. The number of carbonyl (C=O) groups excluding carboxylic acids is 2. The lowest BCUT2D eigenvalue weighted by molar-refractivity contribution is -0.140. The zero-order valence-corrected chi connectivity index (χ0v) is 22.9. The molecular formula is C31H28ClN5O3. The van der Waals surface area contributed by atoms with Gasteiger partial charge in [-0.05, 0) is 66.6 Å². The highest BCUT2D eigenvalue weighted by atomic mass is 35.5. The van der Waals surface area contributed by atoms with Gasteiger partial charge in [0, 0.05) is 17.3 Å². The minimum Gasteiger partial charge on any atom is -0.497 e. The normalized spacial score (nSPS) is 11.7. The van der Waals surface area contributed by atoms with E-state index in [2.05, 4.69) is 15.6 Å². The summed E-state index contributed by atoms with van der Waals surface area (Å²) in [5, 5.41) is 11.9. The van der Waals surface area contributed by atoms with E-state index in [-0.39, 0.29) is 24.9 Å². The largest absolute Gasteiger partial charge is 0.497 e. The number of nitrogens with zero attached hydrogens (tertiary/aromatic N) is 4. The van der Waals surface area contributed by atoms with Gasteiger partial charge in [0.15, 0.2) is 0 Å². The molecule has 0 aliphatic rings. The summed E-state index contributed by atoms with van der Waals surface area (Å²) in [6.07, 6.45) is 0. The van der Waals surface area contributed by atoms with Crippen LogP contribution in [0, 0.1) is 6.92 Å². The van der Waals surface area contributed by atoms with Crippen LogP contribution in [0.2, 0.25) is 5.02 Å². The predicted molar refractivity (Wildman–Crippen MR) is 155 cm³/mol. The van der Waals surface area contributed by atoms with Gasteiger partial charge >= 0.3 is 0 Å². The lowest BCUT2D eigenvalue weighted by Gasteiger charge is -2.32. The first-order valence-electron chi connectivity index (χ1n) is 12.7. The van der Waals surface area contributed by atoms with Gasteiger partial charge in [-0.15, -0.1) is 5.10 Å². The monoisotopic (exact) mass is 553 g/mol. The SMILES string of the molecule is COc1ccc(NC(=O)C(c2ccc(C)cc2)N(Cc2ccc(Cl)cc2)C(=O)Cn2nnc3ccccc32)cc1. The van der Waals surface area contributed by atoms with Crippen molar-refractivity contribution in [2.24, 2.45) is 0 Å². The number of rotatable bonds is 9. The molecule has 0 aliphatic heterocycles. The quantitative estimate of drug-likeness (QED) is 0.249. The van der Waals surface area contributed by atoms with E-state index in [4.69, 9.17) is 16.3 Å². The average molecular weight is 554 g/mol. The molecule has 2 amide bonds. The second-order valence-electron chi connectivity index (χ2n) is 9.41. The number of para-hydroxylation sites is 1. The summed E-state index contributed by atoms with van der Waals surface area (Å²) < 4.78 is 6.79. The minimum absolute atomic E-state index is 0.0910. The van der Waals surface area contributed by atoms with E-state index >= 15 is 0 Å². The van der Waals surface area contributed by atoms with Gasteiger partial charge in [-0.1, -0.05) is 70.9 Å². The molecule has 40 heavy (non-hydrogen) atoms. The lowest BCUT2D eigenvalue weighted by atomic mass is 10.0. The van der Waals surface area contributed by atoms with Crippen LogP contribution in [0.3, 0.4) is 0 Å². The molecule has 1 N–H and O–H groups in total. The highest BCUT2D eigenvalue weighted by Crippen LogP contribution is 2.27. The number of methoxy groups -OCH3 is 1. The summed E-state index contributed by atoms with van der Waals surface area (Å²) in [6.45, 7) is 2.06. The van der Waals surface area contributed by atoms with E-state index < -0.39 is 6.04 Å². The Labute approximate surface area is 237 Å². The van der Waals surface area contributed by atoms with Gasteiger partial charge in [0.2, 0.25) is 5.91 Å². The second kappa shape index (κ2) is 12.0. The van der Waals surface area contributed by atoms with Gasteiger partial charge in [0.25, 0.3) is 5.91 Å². The molecule has 1 unspecified atom stereocenters. The van der Waals surface area contributed by atoms with Crippen molar-refractivity contribution in [3.63, 3.8) is 0 Å². The molecule has 0 bridgehead atoms. The fraction of sp³-hybridized carbons (Fsp3) is 0.161. The van der Waals surface area contributed by atoms with Crippen molar-refractivity contribution in [3.05, 3.63) is 119 Å². The molecule has 1 heterocycles. The number of hydrogen-bond acceptors (Lipinski definition) is 5. The number of anilines is 1. The van der Waals surface area contributed by atoms with E-state index in [0.717, 1.165) is 16.6 Å². The van der Waals surface area contributed by atoms with Crippen LogP contribution < -0.4 is 10.1 Å². The van der Waals surface area contributed by atoms with Gasteiger partial charge in [-0.25, -0.2) is 4.68 Å². The number of aromatic nitrogens is 3. The van der Waals surface area contributed by atoms with Crippen molar-refractivity contribution in [1.82, 2.24) is 19.9 Å². The lowest BCUT2D eigenvalue weighted by Crippen LogP contribution is -2.42. The van der Waals surface area contributed by atoms with Crippen LogP contribution in [0.1, 0.15) is 22.7 Å². The molecule has 8 nitrogen and oxygen atoms in total. The van der Waals surface area contributed by atoms with Crippen LogP contribution in [0.15, 0.2) is 97.1 Å². The average Bonchev–Trinajstić information content (AvgIpc) is 3.37. The molecule has 5 rings (SSSR count). The maximum atomic E-state index is 14.1. The minimum atomic E-state index is -0.930. The maximum absolute atomic E-state index is 14.1. The number of hydrogen-bond donors (Lipinski definition) is 1. The van der Waals surface area contributed by atoms with Crippen molar-refractivity contribution in [3.8, 4) is 5.75 Å². The van der Waals surface area contributed by atoms with Crippen molar-refractivity contribution in [1.29, 1.82) is 0 Å². The van der Waals surface area contributed by atoms with Crippen molar-refractivity contribution in [2.45, 2.75) is 26.1 Å². The summed E-state index contributed by atoms with van der Waals surface area (Å²) >= 11 is 6.12. The molecule has 0 fully saturated rings. The number of carbonyl (C=O) groups is 2. The molecule has 0 saturated heterocycles. The highest BCUT2D eigenvalue weighted by molar-refractivity contribution is 6.30. The fourth-order valence-corrected chi connectivity index (χ4v) is 4.60. The molecule has 202 valence electrons. The summed E-state index contributed by atoms with van der Waals surface area (Å²) in [6, 6.07) is 28.4. The van der Waals surface area contributed by atoms with Crippen LogP contribution in [-0.4, -0.2) is 38.8 Å². The Bertz CT molecular complexity index is 1620. The van der Waals surface area contributed by atoms with E-state index in [1.165, 1.54) is 0 Å². The molecular weight excluding hydrogens is 526 g/mol. The number of amides is 2. The molecule has 4 aromatic carbocycles. The van der Waals surface area contributed by atoms with Gasteiger partial charge < -0.3 is 15.0 Å². The Balaban J connectivity index is 1.53. The number of aryl methyl sites for hydroxylation is 1. The molecule has 0 spiro atoms. The summed E-state index contributed by atoms with van der Waals surface area (Å²) in [5.41, 5.74) is 4.56. The van der Waals surface area contributed by atoms with Crippen LogP contribution in [-0.2, 0) is 22.7 Å². The van der Waals surface area contributed by atoms with Gasteiger partial charge in [-0.2, -0.15) is 0 Å². The third-order valence-electron chi connectivity index (χ3n) is 6.60. The van der Waals surface area contributed by atoms with E-state index in [1.54, 1.807) is 53.1 Å². The van der Waals surface area contributed by atoms with Crippen LogP contribution in [0.25, 0.3) is 11.0 Å². The third kappa shape index (κ3) is 6.13. The first-order chi connectivity index (χ1) is 19.4. The van der Waals surface area contributed by atoms with E-state index in [0.29, 0.717) is 27.5 Å². The molecule has 1 aromatic heterocycles. The number of benzene rings is 4. The van der Waals surface area contributed by atoms with Crippen LogP contribution in [0.5, 0.6) is 5.75 Å².